The molecule has 5 nitrogen and oxygen atoms in total. The number of rotatable bonds is 9. The summed E-state index contributed by atoms with van der Waals surface area (Å²) >= 11 is 1.55. The summed E-state index contributed by atoms with van der Waals surface area (Å²) in [6.45, 7) is 2.51. The second-order valence-corrected chi connectivity index (χ2v) is 9.28. The number of carbonyl (C=O) groups excluding carboxylic acids is 2. The molecule has 0 unspecified atom stereocenters. The van der Waals surface area contributed by atoms with Crippen molar-refractivity contribution in [2.45, 2.75) is 51.1 Å². The Hall–Kier alpha value is -3.12. The number of hydrogen-bond acceptors (Lipinski definition) is 4. The highest BCUT2D eigenvalue weighted by molar-refractivity contribution is 7.10. The van der Waals surface area contributed by atoms with Gasteiger partial charge in [-0.05, 0) is 61.0 Å². The first-order chi connectivity index (χ1) is 16.2. The predicted molar refractivity (Wildman–Crippen MR) is 133 cm³/mol. The molecule has 1 N–H and O–H groups in total. The molecule has 172 valence electrons. The van der Waals surface area contributed by atoms with Crippen molar-refractivity contribution >= 4 is 28.8 Å². The number of para-hydroxylation sites is 1. The molecule has 0 saturated heterocycles. The maximum Gasteiger partial charge on any atom is 0.248 e. The van der Waals surface area contributed by atoms with E-state index in [9.17, 15) is 9.59 Å². The fourth-order valence-corrected chi connectivity index (χ4v) is 5.05. The van der Waals surface area contributed by atoms with Gasteiger partial charge in [-0.3, -0.25) is 14.5 Å². The van der Waals surface area contributed by atoms with E-state index in [1.165, 1.54) is 0 Å². The molecule has 2 aromatic carbocycles. The lowest BCUT2D eigenvalue weighted by Crippen LogP contribution is -2.46. The summed E-state index contributed by atoms with van der Waals surface area (Å²) < 4.78 is 5.59. The van der Waals surface area contributed by atoms with Crippen molar-refractivity contribution in [3.05, 3.63) is 82.6 Å². The zero-order chi connectivity index (χ0) is 23.0. The summed E-state index contributed by atoms with van der Waals surface area (Å²) in [6, 6.07) is 20.3. The molecule has 1 atom stereocenters. The fraction of sp³-hybridized carbons (Fsp3) is 0.333. The van der Waals surface area contributed by atoms with E-state index >= 15 is 0 Å². The minimum absolute atomic E-state index is 0.107. The summed E-state index contributed by atoms with van der Waals surface area (Å²) in [5.41, 5.74) is 1.47. The Labute approximate surface area is 199 Å². The summed E-state index contributed by atoms with van der Waals surface area (Å²) in [5, 5.41) is 5.18. The first kappa shape index (κ1) is 23.1. The molecule has 0 bridgehead atoms. The molecule has 1 aromatic heterocycles. The number of nitrogens with one attached hydrogen (secondary N) is 1. The average Bonchev–Trinajstić information content (AvgIpc) is 3.53. The molecule has 1 aliphatic carbocycles. The number of anilines is 1. The molecule has 0 spiro atoms. The summed E-state index contributed by atoms with van der Waals surface area (Å²) in [7, 11) is 0. The van der Waals surface area contributed by atoms with Crippen LogP contribution >= 0.6 is 11.3 Å². The van der Waals surface area contributed by atoms with E-state index in [2.05, 4.69) is 5.32 Å². The normalized spacial score (nSPS) is 14.6. The van der Waals surface area contributed by atoms with Crippen molar-refractivity contribution < 1.29 is 14.3 Å². The van der Waals surface area contributed by atoms with Crippen LogP contribution in [-0.2, 0) is 16.0 Å². The summed E-state index contributed by atoms with van der Waals surface area (Å²) in [4.78, 5) is 30.0. The van der Waals surface area contributed by atoms with Crippen molar-refractivity contribution in [2.75, 3.05) is 11.5 Å². The average molecular weight is 463 g/mol. The van der Waals surface area contributed by atoms with Gasteiger partial charge in [-0.25, -0.2) is 0 Å². The van der Waals surface area contributed by atoms with Crippen LogP contribution in [0.25, 0.3) is 0 Å². The maximum absolute atomic E-state index is 13.7. The van der Waals surface area contributed by atoms with Crippen LogP contribution in [0.3, 0.4) is 0 Å². The summed E-state index contributed by atoms with van der Waals surface area (Å²) in [6.07, 6.45) is 4.46. The van der Waals surface area contributed by atoms with E-state index in [0.717, 1.165) is 41.9 Å². The van der Waals surface area contributed by atoms with Crippen LogP contribution in [-0.4, -0.2) is 24.5 Å². The zero-order valence-electron chi connectivity index (χ0n) is 18.9. The molecule has 3 aromatic rings. The highest BCUT2D eigenvalue weighted by Crippen LogP contribution is 2.31. The van der Waals surface area contributed by atoms with Crippen molar-refractivity contribution in [1.29, 1.82) is 0 Å². The lowest BCUT2D eigenvalue weighted by molar-refractivity contribution is -0.127. The number of hydrogen-bond donors (Lipinski definition) is 1. The first-order valence-corrected chi connectivity index (χ1v) is 12.5. The van der Waals surface area contributed by atoms with Gasteiger partial charge >= 0.3 is 0 Å². The fourth-order valence-electron chi connectivity index (χ4n) is 4.35. The Balaban J connectivity index is 1.72. The number of nitrogens with zero attached hydrogens (tertiary/aromatic N) is 1. The number of amides is 2. The molecule has 2 amide bonds. The van der Waals surface area contributed by atoms with Gasteiger partial charge in [0, 0.05) is 16.6 Å². The maximum atomic E-state index is 13.7. The zero-order valence-corrected chi connectivity index (χ0v) is 19.7. The molecule has 1 fully saturated rings. The molecule has 0 aliphatic heterocycles. The second-order valence-electron chi connectivity index (χ2n) is 8.25. The SMILES string of the molecule is CCOc1ccc([C@H](C(=O)NC2CCCC2)N(C(=O)Cc2cccs2)c2ccccc2)cc1. The minimum atomic E-state index is -0.767. The van der Waals surface area contributed by atoms with E-state index in [1.54, 1.807) is 16.2 Å². The van der Waals surface area contributed by atoms with Gasteiger partial charge in [-0.2, -0.15) is 0 Å². The predicted octanol–water partition coefficient (Wildman–Crippen LogP) is 5.52. The van der Waals surface area contributed by atoms with Gasteiger partial charge in [0.05, 0.1) is 13.0 Å². The molecule has 4 rings (SSSR count). The van der Waals surface area contributed by atoms with Crippen LogP contribution < -0.4 is 15.0 Å². The Morgan fingerprint density at radius 2 is 1.76 bits per heavy atom. The van der Waals surface area contributed by atoms with Crippen molar-refractivity contribution in [1.82, 2.24) is 5.32 Å². The van der Waals surface area contributed by atoms with Gasteiger partial charge in [0.2, 0.25) is 11.8 Å². The molecule has 6 heteroatoms. The Kier molecular flexibility index (Phi) is 7.79. The molecule has 1 saturated carbocycles. The lowest BCUT2D eigenvalue weighted by atomic mass is 10.0. The third kappa shape index (κ3) is 5.82. The largest absolute Gasteiger partial charge is 0.494 e. The van der Waals surface area contributed by atoms with Crippen LogP contribution in [0.15, 0.2) is 72.1 Å². The van der Waals surface area contributed by atoms with Gasteiger partial charge in [0.1, 0.15) is 11.8 Å². The third-order valence-corrected chi connectivity index (χ3v) is 6.80. The Morgan fingerprint density at radius 3 is 2.39 bits per heavy atom. The topological polar surface area (TPSA) is 58.6 Å². The Morgan fingerprint density at radius 1 is 1.03 bits per heavy atom. The van der Waals surface area contributed by atoms with Crippen molar-refractivity contribution in [3.8, 4) is 5.75 Å². The van der Waals surface area contributed by atoms with E-state index in [0.29, 0.717) is 12.3 Å². The van der Waals surface area contributed by atoms with Crippen molar-refractivity contribution in [2.24, 2.45) is 0 Å². The quantitative estimate of drug-likeness (QED) is 0.455. The number of thiophene rings is 1. The number of ether oxygens (including phenoxy) is 1. The second kappa shape index (κ2) is 11.1. The molecule has 1 aliphatic rings. The summed E-state index contributed by atoms with van der Waals surface area (Å²) in [5.74, 6) is 0.492. The van der Waals surface area contributed by atoms with Gasteiger partial charge < -0.3 is 10.1 Å². The van der Waals surface area contributed by atoms with Crippen LogP contribution in [0.5, 0.6) is 5.75 Å². The molecular weight excluding hydrogens is 432 g/mol. The highest BCUT2D eigenvalue weighted by atomic mass is 32.1. The van der Waals surface area contributed by atoms with Crippen LogP contribution in [0.1, 0.15) is 49.1 Å². The monoisotopic (exact) mass is 462 g/mol. The van der Waals surface area contributed by atoms with E-state index in [1.807, 2.05) is 79.0 Å². The van der Waals surface area contributed by atoms with Gasteiger partial charge in [0.25, 0.3) is 0 Å². The van der Waals surface area contributed by atoms with E-state index in [4.69, 9.17) is 4.74 Å². The van der Waals surface area contributed by atoms with Gasteiger partial charge in [0.15, 0.2) is 0 Å². The van der Waals surface area contributed by atoms with Crippen LogP contribution in [0.2, 0.25) is 0 Å². The third-order valence-electron chi connectivity index (χ3n) is 5.92. The van der Waals surface area contributed by atoms with Gasteiger partial charge in [-0.15, -0.1) is 11.3 Å². The molecule has 1 heterocycles. The minimum Gasteiger partial charge on any atom is -0.494 e. The standard InChI is InChI=1S/C27H30N2O3S/c1-2-32-23-16-14-20(15-17-23)26(27(31)28-21-9-6-7-10-21)29(22-11-4-3-5-12-22)25(30)19-24-13-8-18-33-24/h3-5,8,11-18,21,26H,2,6-7,9-10,19H2,1H3,(H,28,31)/t26-/m1/s1. The van der Waals surface area contributed by atoms with Crippen LogP contribution in [0.4, 0.5) is 5.69 Å². The van der Waals surface area contributed by atoms with Crippen LogP contribution in [0, 0.1) is 0 Å². The first-order valence-electron chi connectivity index (χ1n) is 11.6. The molecule has 33 heavy (non-hydrogen) atoms. The molecular formula is C27H30N2O3S. The smallest absolute Gasteiger partial charge is 0.248 e. The molecule has 0 radical (unpaired) electrons. The number of carbonyl (C=O) groups is 2. The van der Waals surface area contributed by atoms with E-state index < -0.39 is 6.04 Å². The lowest BCUT2D eigenvalue weighted by Gasteiger charge is -2.32. The number of benzene rings is 2. The van der Waals surface area contributed by atoms with E-state index in [-0.39, 0.29) is 24.3 Å². The van der Waals surface area contributed by atoms with Crippen molar-refractivity contribution in [3.63, 3.8) is 0 Å². The highest BCUT2D eigenvalue weighted by Gasteiger charge is 2.34. The van der Waals surface area contributed by atoms with Gasteiger partial charge in [-0.1, -0.05) is 49.2 Å². The Bertz CT molecular complexity index is 1030.